The molecule has 3 N–H and O–H groups in total. The zero-order valence-corrected chi connectivity index (χ0v) is 15.8. The average molecular weight is 474 g/mol. The number of amides is 1. The van der Waals surface area contributed by atoms with Crippen LogP contribution in [0.5, 0.6) is 0 Å². The first-order chi connectivity index (χ1) is 12.4. The Hall–Kier alpha value is -1.78. The summed E-state index contributed by atoms with van der Waals surface area (Å²) < 4.78 is 29.0. The number of carbonyl (C=O) groups is 1. The summed E-state index contributed by atoms with van der Waals surface area (Å²) in [5, 5.41) is 11.9. The van der Waals surface area contributed by atoms with Gasteiger partial charge in [-0.1, -0.05) is 6.07 Å². The molecule has 0 bridgehead atoms. The van der Waals surface area contributed by atoms with Crippen molar-refractivity contribution in [3.63, 3.8) is 0 Å². The maximum absolute atomic E-state index is 14.2. The summed E-state index contributed by atoms with van der Waals surface area (Å²) in [4.78, 5) is 17.5. The third kappa shape index (κ3) is 4.30. The largest absolute Gasteiger partial charge is 0.396 e. The number of rotatable bonds is 7. The van der Waals surface area contributed by atoms with Gasteiger partial charge in [0, 0.05) is 8.99 Å². The van der Waals surface area contributed by atoms with Gasteiger partial charge in [0.05, 0.1) is 30.2 Å². The molecule has 0 atom stereocenters. The van der Waals surface area contributed by atoms with Crippen molar-refractivity contribution in [3.05, 3.63) is 57.2 Å². The lowest BCUT2D eigenvalue weighted by Crippen LogP contribution is -2.29. The molecule has 1 aliphatic rings. The molecule has 138 valence electrons. The summed E-state index contributed by atoms with van der Waals surface area (Å²) in [5.41, 5.74) is 1.86. The van der Waals surface area contributed by atoms with E-state index in [9.17, 15) is 18.7 Å². The Balaban J connectivity index is 1.75. The summed E-state index contributed by atoms with van der Waals surface area (Å²) in [6.07, 6.45) is 1.66. The van der Waals surface area contributed by atoms with Crippen LogP contribution >= 0.6 is 22.6 Å². The summed E-state index contributed by atoms with van der Waals surface area (Å²) >= 11 is 1.97. The number of hydrogen-bond acceptors (Lipinski definition) is 4. The highest BCUT2D eigenvalue weighted by Gasteiger charge is 2.42. The highest BCUT2D eigenvalue weighted by atomic mass is 127. The number of carbonyl (C=O) groups excluding carboxylic acids is 1. The molecule has 1 fully saturated rings. The van der Waals surface area contributed by atoms with E-state index in [1.54, 1.807) is 6.07 Å². The summed E-state index contributed by atoms with van der Waals surface area (Å²) in [5.74, 6) is -1.90. The maximum Gasteiger partial charge on any atom is 0.277 e. The molecule has 1 saturated carbocycles. The first kappa shape index (κ1) is 19.0. The molecule has 0 radical (unpaired) electrons. The van der Waals surface area contributed by atoms with Gasteiger partial charge in [-0.3, -0.25) is 9.63 Å². The molecule has 2 aromatic rings. The lowest BCUT2D eigenvalue weighted by Gasteiger charge is -2.15. The number of hydrogen-bond donors (Lipinski definition) is 3. The van der Waals surface area contributed by atoms with Crippen molar-refractivity contribution in [1.29, 1.82) is 0 Å². The minimum atomic E-state index is -0.690. The van der Waals surface area contributed by atoms with Crippen molar-refractivity contribution in [2.24, 2.45) is 5.41 Å². The molecule has 0 saturated heterocycles. The molecular weight excluding hydrogens is 457 g/mol. The number of anilines is 2. The number of benzene rings is 2. The molecule has 1 amide bonds. The van der Waals surface area contributed by atoms with E-state index in [4.69, 9.17) is 4.84 Å². The second-order valence-corrected chi connectivity index (χ2v) is 7.54. The second kappa shape index (κ2) is 7.85. The molecule has 0 unspecified atom stereocenters. The zero-order valence-electron chi connectivity index (χ0n) is 13.7. The Morgan fingerprint density at radius 3 is 2.65 bits per heavy atom. The van der Waals surface area contributed by atoms with E-state index in [0.29, 0.717) is 3.57 Å². The van der Waals surface area contributed by atoms with Gasteiger partial charge < -0.3 is 10.4 Å². The third-order valence-corrected chi connectivity index (χ3v) is 4.96. The van der Waals surface area contributed by atoms with Crippen LogP contribution in [0.2, 0.25) is 0 Å². The van der Waals surface area contributed by atoms with Crippen LogP contribution in [0.15, 0.2) is 36.4 Å². The fourth-order valence-electron chi connectivity index (χ4n) is 2.40. The molecule has 0 spiro atoms. The van der Waals surface area contributed by atoms with E-state index in [-0.39, 0.29) is 35.6 Å². The predicted molar refractivity (Wildman–Crippen MR) is 101 cm³/mol. The predicted octanol–water partition coefficient (Wildman–Crippen LogP) is 3.75. The molecule has 0 heterocycles. The number of nitrogens with one attached hydrogen (secondary N) is 2. The van der Waals surface area contributed by atoms with Gasteiger partial charge in [0.15, 0.2) is 0 Å². The molecular formula is C18H17F2IN2O3. The second-order valence-electron chi connectivity index (χ2n) is 6.29. The zero-order chi connectivity index (χ0) is 18.7. The van der Waals surface area contributed by atoms with E-state index in [0.717, 1.165) is 12.8 Å². The quantitative estimate of drug-likeness (QED) is 0.423. The first-order valence-corrected chi connectivity index (χ1v) is 9.06. The normalized spacial score (nSPS) is 14.8. The maximum atomic E-state index is 14.2. The minimum Gasteiger partial charge on any atom is -0.396 e. The van der Waals surface area contributed by atoms with Gasteiger partial charge in [0.2, 0.25) is 0 Å². The van der Waals surface area contributed by atoms with Crippen LogP contribution in [0, 0.1) is 20.6 Å². The van der Waals surface area contributed by atoms with Crippen LogP contribution in [0.3, 0.4) is 0 Å². The fourth-order valence-corrected chi connectivity index (χ4v) is 2.85. The van der Waals surface area contributed by atoms with E-state index in [1.165, 1.54) is 30.3 Å². The first-order valence-electron chi connectivity index (χ1n) is 7.98. The van der Waals surface area contributed by atoms with E-state index in [2.05, 4.69) is 10.8 Å². The van der Waals surface area contributed by atoms with Crippen molar-refractivity contribution in [2.75, 3.05) is 18.5 Å². The molecule has 1 aliphatic carbocycles. The molecule has 26 heavy (non-hydrogen) atoms. The fraction of sp³-hybridized carbons (Fsp3) is 0.278. The topological polar surface area (TPSA) is 70.6 Å². The number of aliphatic hydroxyl groups excluding tert-OH is 1. The van der Waals surface area contributed by atoms with Crippen molar-refractivity contribution >= 4 is 39.9 Å². The molecule has 0 aromatic heterocycles. The van der Waals surface area contributed by atoms with Crippen molar-refractivity contribution in [1.82, 2.24) is 5.48 Å². The van der Waals surface area contributed by atoms with Crippen LogP contribution < -0.4 is 10.8 Å². The Bertz CT molecular complexity index is 828. The number of halogens is 3. The van der Waals surface area contributed by atoms with Crippen LogP contribution in [0.1, 0.15) is 23.2 Å². The minimum absolute atomic E-state index is 0.0122. The van der Waals surface area contributed by atoms with Gasteiger partial charge in [0.1, 0.15) is 11.6 Å². The van der Waals surface area contributed by atoms with Crippen LogP contribution in [-0.2, 0) is 4.84 Å². The summed E-state index contributed by atoms with van der Waals surface area (Å²) in [6.45, 7) is 0.167. The smallest absolute Gasteiger partial charge is 0.277 e. The molecule has 2 aromatic carbocycles. The molecule has 0 aliphatic heterocycles. The lowest BCUT2D eigenvalue weighted by atomic mass is 10.1. The van der Waals surface area contributed by atoms with Gasteiger partial charge in [-0.15, -0.1) is 0 Å². The number of hydroxylamine groups is 1. The van der Waals surface area contributed by atoms with Crippen molar-refractivity contribution < 1.29 is 23.5 Å². The van der Waals surface area contributed by atoms with Crippen molar-refractivity contribution in [3.8, 4) is 0 Å². The standard InChI is InChI=1S/C18H17F2IN2O3/c19-13-3-1-2-12(17(25)23-26-10-18(9-24)6-7-18)16(13)22-15-5-4-11(21)8-14(15)20/h1-5,8,22,24H,6-7,9-10H2,(H,23,25). The van der Waals surface area contributed by atoms with Crippen LogP contribution in [0.4, 0.5) is 20.2 Å². The Morgan fingerprint density at radius 2 is 2.00 bits per heavy atom. The highest BCUT2D eigenvalue weighted by Crippen LogP contribution is 2.44. The van der Waals surface area contributed by atoms with E-state index >= 15 is 0 Å². The Morgan fingerprint density at radius 1 is 1.23 bits per heavy atom. The Kier molecular flexibility index (Phi) is 5.73. The lowest BCUT2D eigenvalue weighted by molar-refractivity contribution is -0.0000354. The van der Waals surface area contributed by atoms with Crippen molar-refractivity contribution in [2.45, 2.75) is 12.8 Å². The van der Waals surface area contributed by atoms with Gasteiger partial charge in [-0.05, 0) is 65.8 Å². The number of aliphatic hydroxyl groups is 1. The van der Waals surface area contributed by atoms with Gasteiger partial charge in [-0.25, -0.2) is 14.3 Å². The van der Waals surface area contributed by atoms with E-state index < -0.39 is 17.5 Å². The van der Waals surface area contributed by atoms with Crippen LogP contribution in [0.25, 0.3) is 0 Å². The van der Waals surface area contributed by atoms with Crippen LogP contribution in [-0.4, -0.2) is 24.2 Å². The average Bonchev–Trinajstić information content (AvgIpc) is 3.39. The SMILES string of the molecule is O=C(NOCC1(CO)CC1)c1cccc(F)c1Nc1ccc(I)cc1F. The third-order valence-electron chi connectivity index (χ3n) is 4.28. The number of para-hydroxylation sites is 1. The van der Waals surface area contributed by atoms with Gasteiger partial charge >= 0.3 is 0 Å². The summed E-state index contributed by atoms with van der Waals surface area (Å²) in [7, 11) is 0. The van der Waals surface area contributed by atoms with Gasteiger partial charge in [-0.2, -0.15) is 0 Å². The Labute approximate surface area is 162 Å². The van der Waals surface area contributed by atoms with E-state index in [1.807, 2.05) is 22.6 Å². The van der Waals surface area contributed by atoms with Gasteiger partial charge in [0.25, 0.3) is 5.91 Å². The molecule has 8 heteroatoms. The molecule has 5 nitrogen and oxygen atoms in total. The monoisotopic (exact) mass is 474 g/mol. The molecule has 3 rings (SSSR count). The summed E-state index contributed by atoms with van der Waals surface area (Å²) in [6, 6.07) is 8.41. The highest BCUT2D eigenvalue weighted by molar-refractivity contribution is 14.1.